The van der Waals surface area contributed by atoms with Gasteiger partial charge in [-0.25, -0.2) is 0 Å². The zero-order chi connectivity index (χ0) is 41.7. The van der Waals surface area contributed by atoms with E-state index < -0.39 is 47.3 Å². The third kappa shape index (κ3) is 8.40. The Kier molecular flexibility index (Phi) is 11.4. The molecule has 0 spiro atoms. The lowest BCUT2D eigenvalue weighted by Gasteiger charge is -2.25. The number of nitrogens with one attached hydrogen (secondary N) is 6. The molecule has 0 aliphatic heterocycles. The Hall–Kier alpha value is -8.14. The van der Waals surface area contributed by atoms with Crippen molar-refractivity contribution < 1.29 is 14.8 Å². The van der Waals surface area contributed by atoms with Gasteiger partial charge in [0.1, 0.15) is 34.1 Å². The van der Waals surface area contributed by atoms with Crippen LogP contribution in [0.15, 0.2) is 102 Å². The van der Waals surface area contributed by atoms with E-state index in [1.54, 1.807) is 0 Å². The first-order valence-electron chi connectivity index (χ1n) is 17.2. The van der Waals surface area contributed by atoms with E-state index in [-0.39, 0.29) is 90.5 Å². The molecule has 6 aromatic carbocycles. The van der Waals surface area contributed by atoms with Crippen LogP contribution < -0.4 is 64.5 Å². The average molecular weight is 795 g/mol. The van der Waals surface area contributed by atoms with Crippen LogP contribution >= 0.6 is 0 Å². The fourth-order valence-electron chi connectivity index (χ4n) is 5.82. The van der Waals surface area contributed by atoms with Crippen LogP contribution in [0.5, 0.6) is 0 Å². The molecular weight excluding hydrogens is 764 g/mol. The molecule has 6 rings (SSSR count). The highest BCUT2D eigenvalue weighted by Crippen LogP contribution is 2.25. The zero-order valence-corrected chi connectivity index (χ0v) is 29.9. The van der Waals surface area contributed by atoms with Crippen molar-refractivity contribution in [3.05, 3.63) is 164 Å². The average Bonchev–Trinajstić information content (AvgIpc) is 3.23. The van der Waals surface area contributed by atoms with Crippen LogP contribution in [0.2, 0.25) is 0 Å². The molecule has 0 amide bonds. The minimum atomic E-state index is -0.789. The van der Waals surface area contributed by atoms with E-state index in [0.29, 0.717) is 17.1 Å². The molecule has 0 atom stereocenters. The summed E-state index contributed by atoms with van der Waals surface area (Å²) >= 11 is 0. The van der Waals surface area contributed by atoms with Crippen molar-refractivity contribution in [1.82, 2.24) is 4.90 Å². The van der Waals surface area contributed by atoms with Gasteiger partial charge in [-0.3, -0.25) is 64.0 Å². The summed E-state index contributed by atoms with van der Waals surface area (Å²) in [6.45, 7) is 0.996. The maximum Gasteiger partial charge on any atom is 0.269 e. The van der Waals surface area contributed by atoms with Crippen molar-refractivity contribution in [3.63, 3.8) is 0 Å². The Bertz CT molecular complexity index is 2440. The number of nitrogens with zero attached hydrogens (tertiary/aromatic N) is 4. The van der Waals surface area contributed by atoms with Crippen molar-refractivity contribution in [2.24, 2.45) is 0 Å². The van der Waals surface area contributed by atoms with Crippen LogP contribution in [-0.4, -0.2) is 58.9 Å². The lowest BCUT2D eigenvalue weighted by Crippen LogP contribution is -2.42. The van der Waals surface area contributed by atoms with Crippen molar-refractivity contribution >= 4 is 68.2 Å². The van der Waals surface area contributed by atoms with Gasteiger partial charge in [-0.1, -0.05) is 0 Å². The van der Waals surface area contributed by atoms with Crippen LogP contribution in [-0.2, 0) is 0 Å². The van der Waals surface area contributed by atoms with Crippen LogP contribution in [0, 0.1) is 30.3 Å². The predicted molar refractivity (Wildman–Crippen MR) is 215 cm³/mol. The number of hydrogen-bond donors (Lipinski definition) is 6. The number of nitro groups is 3. The fraction of sp³-hybridized carbons (Fsp3) is 0.167. The Morgan fingerprint density at radius 3 is 0.828 bits per heavy atom. The molecule has 58 heavy (non-hydrogen) atoms. The van der Waals surface area contributed by atoms with Gasteiger partial charge in [0.25, 0.3) is 49.6 Å². The van der Waals surface area contributed by atoms with E-state index in [9.17, 15) is 59.1 Å². The Balaban J connectivity index is 1.11. The molecule has 6 N–H and O–H groups in total. The second kappa shape index (κ2) is 16.7. The quantitative estimate of drug-likeness (QED) is 0.0346. The molecule has 0 radical (unpaired) electrons. The molecule has 0 saturated carbocycles. The summed E-state index contributed by atoms with van der Waals surface area (Å²) < 4.78 is 0. The second-order valence-corrected chi connectivity index (χ2v) is 12.6. The van der Waals surface area contributed by atoms with Crippen LogP contribution in [0.3, 0.4) is 0 Å². The van der Waals surface area contributed by atoms with Gasteiger partial charge in [0, 0.05) is 92.7 Å². The molecule has 296 valence electrons. The molecule has 0 heterocycles. The normalized spacial score (nSPS) is 11.1. The van der Waals surface area contributed by atoms with E-state index in [1.165, 1.54) is 72.8 Å². The van der Waals surface area contributed by atoms with Gasteiger partial charge in [-0.15, -0.1) is 0 Å². The van der Waals surface area contributed by atoms with Crippen LogP contribution in [0.4, 0.5) is 68.2 Å². The molecule has 0 saturated heterocycles. The maximum atomic E-state index is 12.5. The van der Waals surface area contributed by atoms with Crippen molar-refractivity contribution in [2.45, 2.75) is 0 Å². The standard InChI is InChI=1S/C36H30N10O12/c47-31-25(28(34(31)50)40-19-1-7-22(8-2-19)44(53)54)37-13-16-43(17-14-38-26-29(35(51)32(26)48)41-20-3-9-23(10-4-20)45(55)56)18-15-39-27-30(36(52)33(27)49)42-21-5-11-24(12-6-21)46(57)58/h1-12,37-42H,13-18H2. The monoisotopic (exact) mass is 794 g/mol. The summed E-state index contributed by atoms with van der Waals surface area (Å²) in [4.78, 5) is 108. The SMILES string of the molecule is O=c1c(NCCN(CCNc2c(Nc3ccc([N+](=O)[O-])cc3)c(=O)c2=O)CCNc2c(Nc3ccc([N+](=O)[O-])cc3)c(=O)c2=O)c(Nc2ccc([N+](=O)[O-])cc2)c1=O. The molecule has 0 bridgehead atoms. The number of nitro benzene ring substituents is 3. The smallest absolute Gasteiger partial charge is 0.269 e. The summed E-state index contributed by atoms with van der Waals surface area (Å²) in [5.74, 6) is 0. The van der Waals surface area contributed by atoms with Gasteiger partial charge >= 0.3 is 0 Å². The summed E-state index contributed by atoms with van der Waals surface area (Å²) in [5.41, 5.74) is -4.30. The van der Waals surface area contributed by atoms with Gasteiger partial charge in [0.15, 0.2) is 0 Å². The highest BCUT2D eigenvalue weighted by atomic mass is 16.6. The molecule has 22 heteroatoms. The molecule has 0 unspecified atom stereocenters. The highest BCUT2D eigenvalue weighted by Gasteiger charge is 2.24. The summed E-state index contributed by atoms with van der Waals surface area (Å²) in [7, 11) is 0. The lowest BCUT2D eigenvalue weighted by molar-refractivity contribution is -0.385. The first-order valence-corrected chi connectivity index (χ1v) is 17.2. The van der Waals surface area contributed by atoms with Crippen molar-refractivity contribution in [3.8, 4) is 0 Å². The lowest BCUT2D eigenvalue weighted by atomic mass is 10.1. The molecule has 0 aliphatic rings. The van der Waals surface area contributed by atoms with Gasteiger partial charge in [0.2, 0.25) is 0 Å². The third-order valence-electron chi connectivity index (χ3n) is 8.96. The van der Waals surface area contributed by atoms with Crippen molar-refractivity contribution in [1.29, 1.82) is 0 Å². The minimum Gasteiger partial charge on any atom is -0.379 e. The number of non-ortho nitro benzene ring substituents is 3. The fourth-order valence-corrected chi connectivity index (χ4v) is 5.82. The predicted octanol–water partition coefficient (Wildman–Crippen LogP) is 2.37. The first kappa shape index (κ1) is 39.6. The molecule has 22 nitrogen and oxygen atoms in total. The second-order valence-electron chi connectivity index (χ2n) is 12.6. The number of anilines is 9. The molecule has 0 fully saturated rings. The molecule has 0 aliphatic carbocycles. The third-order valence-corrected chi connectivity index (χ3v) is 8.96. The number of rotatable bonds is 21. The maximum absolute atomic E-state index is 12.5. The van der Waals surface area contributed by atoms with Gasteiger partial charge in [-0.05, 0) is 36.4 Å². The van der Waals surface area contributed by atoms with E-state index >= 15 is 0 Å². The van der Waals surface area contributed by atoms with Crippen LogP contribution in [0.1, 0.15) is 0 Å². The van der Waals surface area contributed by atoms with Gasteiger partial charge in [0.05, 0.1) is 14.8 Å². The van der Waals surface area contributed by atoms with E-state index in [2.05, 4.69) is 31.9 Å². The summed E-state index contributed by atoms with van der Waals surface area (Å²) in [6, 6.07) is 15.7. The van der Waals surface area contributed by atoms with E-state index in [4.69, 9.17) is 0 Å². The largest absolute Gasteiger partial charge is 0.379 e. The Labute approximate surface area is 323 Å². The van der Waals surface area contributed by atoms with E-state index in [0.717, 1.165) is 0 Å². The zero-order valence-electron chi connectivity index (χ0n) is 29.9. The molecule has 0 aromatic heterocycles. The van der Waals surface area contributed by atoms with Gasteiger partial charge in [-0.2, -0.15) is 0 Å². The topological polar surface area (TPSA) is 307 Å². The summed E-state index contributed by atoms with van der Waals surface area (Å²) in [5, 5.41) is 50.1. The number of benzene rings is 3. The van der Waals surface area contributed by atoms with Crippen LogP contribution in [0.25, 0.3) is 0 Å². The molecular formula is C36H30N10O12. The summed E-state index contributed by atoms with van der Waals surface area (Å²) in [6.07, 6.45) is 0. The van der Waals surface area contributed by atoms with Gasteiger partial charge < -0.3 is 31.9 Å². The minimum absolute atomic E-state index is 0.00376. The van der Waals surface area contributed by atoms with E-state index in [1.807, 2.05) is 4.90 Å². The molecule has 6 aromatic rings. The number of hydrogen-bond acceptors (Lipinski definition) is 19. The Morgan fingerprint density at radius 1 is 0.379 bits per heavy atom. The Morgan fingerprint density at radius 2 is 0.603 bits per heavy atom. The van der Waals surface area contributed by atoms with Crippen molar-refractivity contribution in [2.75, 3.05) is 71.2 Å². The highest BCUT2D eigenvalue weighted by molar-refractivity contribution is 5.80. The first-order chi connectivity index (χ1) is 27.7.